The SMILES string of the molecule is COc1ccc(CSCC(=O)N(Cc2ccc(C#N)cc2)CC(F)(F)F)cc1[N+](=O)[O-]. The summed E-state index contributed by atoms with van der Waals surface area (Å²) in [6.07, 6.45) is -4.57. The van der Waals surface area contributed by atoms with Crippen molar-refractivity contribution in [1.29, 1.82) is 5.26 Å². The van der Waals surface area contributed by atoms with Crippen molar-refractivity contribution in [2.24, 2.45) is 0 Å². The summed E-state index contributed by atoms with van der Waals surface area (Å²) in [4.78, 5) is 23.6. The standard InChI is InChI=1S/C20H18F3N3O4S/c1-30-18-7-6-16(8-17(18)26(28)29)11-31-12-19(27)25(13-20(21,22)23)10-15-4-2-14(9-24)3-5-15/h2-8H,10-13H2,1H3. The van der Waals surface area contributed by atoms with Crippen molar-refractivity contribution in [3.8, 4) is 11.8 Å². The Morgan fingerprint density at radius 1 is 1.23 bits per heavy atom. The van der Waals surface area contributed by atoms with E-state index in [0.29, 0.717) is 21.6 Å². The number of methoxy groups -OCH3 is 1. The number of thioether (sulfide) groups is 1. The van der Waals surface area contributed by atoms with Gasteiger partial charge < -0.3 is 9.64 Å². The van der Waals surface area contributed by atoms with E-state index in [1.54, 1.807) is 6.07 Å². The van der Waals surface area contributed by atoms with Crippen LogP contribution in [0.3, 0.4) is 0 Å². The second kappa shape index (κ2) is 10.7. The van der Waals surface area contributed by atoms with Gasteiger partial charge in [-0.05, 0) is 29.3 Å². The predicted octanol–water partition coefficient (Wildman–Crippen LogP) is 4.30. The summed E-state index contributed by atoms with van der Waals surface area (Å²) in [5.41, 5.74) is 1.14. The maximum Gasteiger partial charge on any atom is 0.406 e. The highest BCUT2D eigenvalue weighted by Crippen LogP contribution is 2.29. The topological polar surface area (TPSA) is 96.5 Å². The number of hydrogen-bond acceptors (Lipinski definition) is 6. The molecular formula is C20H18F3N3O4S. The highest BCUT2D eigenvalue weighted by atomic mass is 32.2. The lowest BCUT2D eigenvalue weighted by atomic mass is 10.1. The van der Waals surface area contributed by atoms with Crippen LogP contribution in [0.5, 0.6) is 5.75 Å². The summed E-state index contributed by atoms with van der Waals surface area (Å²) in [7, 11) is 1.30. The molecule has 0 aliphatic carbocycles. The molecule has 0 N–H and O–H groups in total. The number of hydrogen-bond donors (Lipinski definition) is 0. The molecule has 11 heteroatoms. The van der Waals surface area contributed by atoms with Gasteiger partial charge in [0, 0.05) is 18.4 Å². The Morgan fingerprint density at radius 2 is 1.87 bits per heavy atom. The zero-order chi connectivity index (χ0) is 23.0. The van der Waals surface area contributed by atoms with E-state index in [-0.39, 0.29) is 29.5 Å². The van der Waals surface area contributed by atoms with Crippen LogP contribution in [-0.4, -0.2) is 41.3 Å². The number of nitro benzene ring substituents is 1. The van der Waals surface area contributed by atoms with Crippen molar-refractivity contribution in [2.45, 2.75) is 18.5 Å². The zero-order valence-electron chi connectivity index (χ0n) is 16.4. The second-order valence-electron chi connectivity index (χ2n) is 6.43. The van der Waals surface area contributed by atoms with Crippen molar-refractivity contribution in [1.82, 2.24) is 4.90 Å². The summed E-state index contributed by atoms with van der Waals surface area (Å²) in [6, 6.07) is 12.2. The van der Waals surface area contributed by atoms with Crippen LogP contribution in [0.1, 0.15) is 16.7 Å². The molecular weight excluding hydrogens is 435 g/mol. The first-order chi connectivity index (χ1) is 14.6. The first kappa shape index (κ1) is 24.0. The van der Waals surface area contributed by atoms with Crippen LogP contribution < -0.4 is 4.74 Å². The molecule has 31 heavy (non-hydrogen) atoms. The maximum absolute atomic E-state index is 12.9. The van der Waals surface area contributed by atoms with Gasteiger partial charge >= 0.3 is 11.9 Å². The third-order valence-electron chi connectivity index (χ3n) is 4.11. The lowest BCUT2D eigenvalue weighted by Crippen LogP contribution is -2.39. The Hall–Kier alpha value is -3.26. The van der Waals surface area contributed by atoms with E-state index in [1.807, 2.05) is 6.07 Å². The van der Waals surface area contributed by atoms with E-state index < -0.39 is 23.6 Å². The highest BCUT2D eigenvalue weighted by Gasteiger charge is 2.33. The van der Waals surface area contributed by atoms with Gasteiger partial charge in [-0.2, -0.15) is 18.4 Å². The molecule has 7 nitrogen and oxygen atoms in total. The Balaban J connectivity index is 2.03. The molecule has 0 aromatic heterocycles. The lowest BCUT2D eigenvalue weighted by molar-refractivity contribution is -0.385. The number of carbonyl (C=O) groups is 1. The molecule has 2 aromatic carbocycles. The fourth-order valence-electron chi connectivity index (χ4n) is 2.67. The van der Waals surface area contributed by atoms with E-state index in [2.05, 4.69) is 0 Å². The Labute approximate surface area is 180 Å². The van der Waals surface area contributed by atoms with Crippen molar-refractivity contribution in [3.63, 3.8) is 0 Å². The van der Waals surface area contributed by atoms with Crippen molar-refractivity contribution < 1.29 is 27.6 Å². The first-order valence-electron chi connectivity index (χ1n) is 8.85. The molecule has 0 fully saturated rings. The molecule has 0 saturated carbocycles. The Bertz CT molecular complexity index is 975. The van der Waals surface area contributed by atoms with E-state index in [0.717, 1.165) is 11.8 Å². The van der Waals surface area contributed by atoms with Crippen molar-refractivity contribution >= 4 is 23.4 Å². The van der Waals surface area contributed by atoms with Gasteiger partial charge in [0.1, 0.15) is 6.54 Å². The van der Waals surface area contributed by atoms with E-state index >= 15 is 0 Å². The molecule has 0 radical (unpaired) electrons. The number of nitrogens with zero attached hydrogens (tertiary/aromatic N) is 3. The van der Waals surface area contributed by atoms with Gasteiger partial charge in [-0.15, -0.1) is 11.8 Å². The number of nitro groups is 1. The van der Waals surface area contributed by atoms with Crippen LogP contribution in [0.2, 0.25) is 0 Å². The summed E-state index contributed by atoms with van der Waals surface area (Å²) in [5, 5.41) is 19.9. The van der Waals surface area contributed by atoms with Gasteiger partial charge in [-0.3, -0.25) is 14.9 Å². The van der Waals surface area contributed by atoms with Crippen LogP contribution in [0.4, 0.5) is 18.9 Å². The van der Waals surface area contributed by atoms with Gasteiger partial charge in [0.2, 0.25) is 5.91 Å². The fraction of sp³-hybridized carbons (Fsp3) is 0.300. The van der Waals surface area contributed by atoms with Gasteiger partial charge in [-0.25, -0.2) is 0 Å². The Morgan fingerprint density at radius 3 is 2.42 bits per heavy atom. The number of halogens is 3. The third kappa shape index (κ3) is 7.49. The summed E-state index contributed by atoms with van der Waals surface area (Å²) in [6.45, 7) is -1.65. The van der Waals surface area contributed by atoms with E-state index in [4.69, 9.17) is 10.00 Å². The molecule has 0 spiro atoms. The minimum atomic E-state index is -4.57. The normalized spacial score (nSPS) is 10.9. The molecule has 0 atom stereocenters. The number of ether oxygens (including phenoxy) is 1. The van der Waals surface area contributed by atoms with Crippen LogP contribution >= 0.6 is 11.8 Å². The summed E-state index contributed by atoms with van der Waals surface area (Å²) < 4.78 is 43.8. The van der Waals surface area contributed by atoms with Crippen LogP contribution in [0.15, 0.2) is 42.5 Å². The monoisotopic (exact) mass is 453 g/mol. The smallest absolute Gasteiger partial charge is 0.406 e. The minimum absolute atomic E-state index is 0.0913. The number of amides is 1. The van der Waals surface area contributed by atoms with Crippen LogP contribution in [0, 0.1) is 21.4 Å². The molecule has 2 rings (SSSR count). The van der Waals surface area contributed by atoms with Gasteiger partial charge in [0.05, 0.1) is 29.4 Å². The number of benzene rings is 2. The molecule has 164 valence electrons. The minimum Gasteiger partial charge on any atom is -0.490 e. The average molecular weight is 453 g/mol. The van der Waals surface area contributed by atoms with E-state index in [9.17, 15) is 28.1 Å². The molecule has 0 aliphatic rings. The molecule has 2 aromatic rings. The molecule has 0 unspecified atom stereocenters. The lowest BCUT2D eigenvalue weighted by Gasteiger charge is -2.24. The average Bonchev–Trinajstić information content (AvgIpc) is 2.72. The van der Waals surface area contributed by atoms with Crippen LogP contribution in [-0.2, 0) is 17.1 Å². The predicted molar refractivity (Wildman–Crippen MR) is 108 cm³/mol. The largest absolute Gasteiger partial charge is 0.490 e. The van der Waals surface area contributed by atoms with Gasteiger partial charge in [-0.1, -0.05) is 18.2 Å². The molecule has 0 bridgehead atoms. The van der Waals surface area contributed by atoms with Crippen LogP contribution in [0.25, 0.3) is 0 Å². The number of alkyl halides is 3. The van der Waals surface area contributed by atoms with Crippen molar-refractivity contribution in [3.05, 3.63) is 69.3 Å². The number of nitriles is 1. The molecule has 0 saturated heterocycles. The third-order valence-corrected chi connectivity index (χ3v) is 5.10. The van der Waals surface area contributed by atoms with Gasteiger partial charge in [0.25, 0.3) is 0 Å². The van der Waals surface area contributed by atoms with Gasteiger partial charge in [0.15, 0.2) is 5.75 Å². The fourth-order valence-corrected chi connectivity index (χ4v) is 3.54. The summed E-state index contributed by atoms with van der Waals surface area (Å²) in [5.74, 6) is -0.650. The second-order valence-corrected chi connectivity index (χ2v) is 7.42. The van der Waals surface area contributed by atoms with Crippen molar-refractivity contribution in [2.75, 3.05) is 19.4 Å². The Kier molecular flexibility index (Phi) is 8.27. The summed E-state index contributed by atoms with van der Waals surface area (Å²) >= 11 is 1.05. The maximum atomic E-state index is 12.9. The molecule has 1 amide bonds. The first-order valence-corrected chi connectivity index (χ1v) is 10.0. The number of rotatable bonds is 9. The number of carbonyl (C=O) groups excluding carboxylic acids is 1. The zero-order valence-corrected chi connectivity index (χ0v) is 17.2. The molecule has 0 aliphatic heterocycles. The highest BCUT2D eigenvalue weighted by molar-refractivity contribution is 7.99. The van der Waals surface area contributed by atoms with E-state index in [1.165, 1.54) is 43.5 Å². The quantitative estimate of drug-likeness (QED) is 0.415. The molecule has 0 heterocycles.